The van der Waals surface area contributed by atoms with Crippen molar-refractivity contribution >= 4 is 5.97 Å². The SMILES string of the molecule is CC(C)[C@@H](C)/C=C/[C@@H](C)C1CC[C@H]2C3=CC=C4CC(OC(=O)CC(C)(C)C)CC[C@]4(C)[C@H]3CC[C@]12C. The standard InChI is InChI=1S/C34H54O2/c1-22(2)23(3)10-11-24(4)28-14-15-29-27-13-12-25-20-26(36-31(35)21-32(5,6)7)16-18-33(25,8)30(27)17-19-34(28,29)9/h10-13,22-24,26,28-30H,14-21H2,1-9H3/b11-10+/t23-,24+,26?,28?,29-,30-,33-,34+/m0/s1. The van der Waals surface area contributed by atoms with E-state index in [4.69, 9.17) is 4.74 Å². The number of allylic oxidation sites excluding steroid dienone is 5. The molecule has 0 aromatic heterocycles. The molecule has 3 fully saturated rings. The van der Waals surface area contributed by atoms with Gasteiger partial charge in [-0.25, -0.2) is 0 Å². The lowest BCUT2D eigenvalue weighted by Gasteiger charge is -2.55. The van der Waals surface area contributed by atoms with Gasteiger partial charge >= 0.3 is 5.97 Å². The normalized spacial score (nSPS) is 38.1. The van der Waals surface area contributed by atoms with Crippen molar-refractivity contribution in [1.82, 2.24) is 0 Å². The number of hydrogen-bond acceptors (Lipinski definition) is 2. The summed E-state index contributed by atoms with van der Waals surface area (Å²) in [7, 11) is 0. The molecule has 4 rings (SSSR count). The highest BCUT2D eigenvalue weighted by Gasteiger charge is 2.57. The van der Waals surface area contributed by atoms with Crippen molar-refractivity contribution in [2.75, 3.05) is 0 Å². The van der Waals surface area contributed by atoms with E-state index in [0.717, 1.165) is 31.1 Å². The zero-order valence-electron chi connectivity index (χ0n) is 24.8. The Kier molecular flexibility index (Phi) is 7.78. The zero-order chi connectivity index (χ0) is 26.5. The molecule has 0 heterocycles. The van der Waals surface area contributed by atoms with Crippen LogP contribution in [0.2, 0.25) is 0 Å². The van der Waals surface area contributed by atoms with Gasteiger partial charge in [0.15, 0.2) is 0 Å². The van der Waals surface area contributed by atoms with Crippen LogP contribution in [0.25, 0.3) is 0 Å². The quantitative estimate of drug-likeness (QED) is 0.271. The molecule has 8 atom stereocenters. The van der Waals surface area contributed by atoms with Crippen LogP contribution >= 0.6 is 0 Å². The van der Waals surface area contributed by atoms with Crippen LogP contribution in [0.15, 0.2) is 35.5 Å². The second-order valence-electron chi connectivity index (χ2n) is 15.0. The summed E-state index contributed by atoms with van der Waals surface area (Å²) >= 11 is 0. The first-order valence-corrected chi connectivity index (χ1v) is 15.0. The van der Waals surface area contributed by atoms with Gasteiger partial charge in [0.2, 0.25) is 0 Å². The fourth-order valence-electron chi connectivity index (χ4n) is 8.34. The fraction of sp³-hybridized carbons (Fsp3) is 0.794. The van der Waals surface area contributed by atoms with Gasteiger partial charge < -0.3 is 4.74 Å². The zero-order valence-corrected chi connectivity index (χ0v) is 24.8. The first kappa shape index (κ1) is 27.7. The Labute approximate surface area is 222 Å². The summed E-state index contributed by atoms with van der Waals surface area (Å²) in [6, 6.07) is 0. The molecule has 4 aliphatic rings. The lowest BCUT2D eigenvalue weighted by atomic mass is 9.50. The highest BCUT2D eigenvalue weighted by atomic mass is 16.5. The molecule has 202 valence electrons. The van der Waals surface area contributed by atoms with E-state index in [1.165, 1.54) is 31.3 Å². The van der Waals surface area contributed by atoms with Gasteiger partial charge in [-0.1, -0.05) is 97.8 Å². The third kappa shape index (κ3) is 5.30. The Morgan fingerprint density at radius 2 is 1.72 bits per heavy atom. The molecular weight excluding hydrogens is 440 g/mol. The average Bonchev–Trinajstić information content (AvgIpc) is 3.13. The maximum Gasteiger partial charge on any atom is 0.306 e. The highest BCUT2D eigenvalue weighted by molar-refractivity contribution is 5.70. The van der Waals surface area contributed by atoms with Crippen molar-refractivity contribution in [2.45, 2.75) is 120 Å². The van der Waals surface area contributed by atoms with E-state index in [0.29, 0.717) is 35.5 Å². The van der Waals surface area contributed by atoms with E-state index >= 15 is 0 Å². The second kappa shape index (κ2) is 10.1. The van der Waals surface area contributed by atoms with E-state index in [2.05, 4.69) is 86.6 Å². The molecule has 0 radical (unpaired) electrons. The third-order valence-electron chi connectivity index (χ3n) is 11.0. The minimum absolute atomic E-state index is 0.0180. The summed E-state index contributed by atoms with van der Waals surface area (Å²) < 4.78 is 5.97. The predicted molar refractivity (Wildman–Crippen MR) is 151 cm³/mol. The number of esters is 1. The lowest BCUT2D eigenvalue weighted by Crippen LogP contribution is -2.46. The molecule has 36 heavy (non-hydrogen) atoms. The van der Waals surface area contributed by atoms with Gasteiger partial charge in [-0.15, -0.1) is 0 Å². The van der Waals surface area contributed by atoms with Crippen molar-refractivity contribution in [3.63, 3.8) is 0 Å². The number of carbonyl (C=O) groups is 1. The Balaban J connectivity index is 1.48. The Morgan fingerprint density at radius 3 is 2.39 bits per heavy atom. The van der Waals surface area contributed by atoms with E-state index in [1.54, 1.807) is 5.57 Å². The van der Waals surface area contributed by atoms with Crippen LogP contribution < -0.4 is 0 Å². The first-order chi connectivity index (χ1) is 16.7. The molecule has 2 nitrogen and oxygen atoms in total. The van der Waals surface area contributed by atoms with Crippen LogP contribution in [0.5, 0.6) is 0 Å². The van der Waals surface area contributed by atoms with Crippen molar-refractivity contribution < 1.29 is 9.53 Å². The van der Waals surface area contributed by atoms with Gasteiger partial charge in [0.05, 0.1) is 6.42 Å². The maximum atomic E-state index is 12.5. The average molecular weight is 495 g/mol. The van der Waals surface area contributed by atoms with E-state index < -0.39 is 0 Å². The molecule has 0 aromatic rings. The first-order valence-electron chi connectivity index (χ1n) is 15.0. The van der Waals surface area contributed by atoms with Gasteiger partial charge in [-0.3, -0.25) is 4.79 Å². The van der Waals surface area contributed by atoms with Crippen LogP contribution in [0, 0.1) is 51.8 Å². The summed E-state index contributed by atoms with van der Waals surface area (Å²) in [5, 5.41) is 0. The molecule has 2 unspecified atom stereocenters. The van der Waals surface area contributed by atoms with Crippen LogP contribution in [0.1, 0.15) is 114 Å². The second-order valence-corrected chi connectivity index (χ2v) is 15.0. The molecule has 4 aliphatic carbocycles. The maximum absolute atomic E-state index is 12.5. The number of hydrogen-bond donors (Lipinski definition) is 0. The molecule has 3 saturated carbocycles. The van der Waals surface area contributed by atoms with Gasteiger partial charge in [0.1, 0.15) is 6.10 Å². The lowest BCUT2D eigenvalue weighted by molar-refractivity contribution is -0.153. The minimum Gasteiger partial charge on any atom is -0.462 e. The fourth-order valence-corrected chi connectivity index (χ4v) is 8.34. The monoisotopic (exact) mass is 494 g/mol. The molecule has 0 N–H and O–H groups in total. The number of fused-ring (bicyclic) bond motifs is 5. The number of ether oxygens (including phenoxy) is 1. The predicted octanol–water partition coefficient (Wildman–Crippen LogP) is 9.32. The van der Waals surface area contributed by atoms with E-state index in [1.807, 2.05) is 0 Å². The Morgan fingerprint density at radius 1 is 1.00 bits per heavy atom. The summed E-state index contributed by atoms with van der Waals surface area (Å²) in [4.78, 5) is 12.5. The molecule has 0 amide bonds. The minimum atomic E-state index is -0.0277. The molecule has 0 saturated heterocycles. The third-order valence-corrected chi connectivity index (χ3v) is 11.0. The molecular formula is C34H54O2. The number of rotatable bonds is 6. The molecule has 0 aliphatic heterocycles. The molecule has 0 spiro atoms. The van der Waals surface area contributed by atoms with Gasteiger partial charge in [0.25, 0.3) is 0 Å². The van der Waals surface area contributed by atoms with E-state index in [-0.39, 0.29) is 22.9 Å². The summed E-state index contributed by atoms with van der Waals surface area (Å²) in [5.41, 5.74) is 3.94. The van der Waals surface area contributed by atoms with Gasteiger partial charge in [0, 0.05) is 6.42 Å². The van der Waals surface area contributed by atoms with Crippen molar-refractivity contribution in [3.05, 3.63) is 35.5 Å². The highest BCUT2D eigenvalue weighted by Crippen LogP contribution is 2.66. The van der Waals surface area contributed by atoms with Crippen molar-refractivity contribution in [3.8, 4) is 0 Å². The van der Waals surface area contributed by atoms with E-state index in [9.17, 15) is 4.79 Å². The molecule has 2 heteroatoms. The topological polar surface area (TPSA) is 26.3 Å². The summed E-state index contributed by atoms with van der Waals surface area (Å²) in [6.45, 7) is 21.0. The van der Waals surface area contributed by atoms with Crippen molar-refractivity contribution in [1.29, 1.82) is 0 Å². The Bertz CT molecular complexity index is 914. The Hall–Kier alpha value is -1.31. The van der Waals surface area contributed by atoms with Crippen LogP contribution in [0.4, 0.5) is 0 Å². The van der Waals surface area contributed by atoms with Gasteiger partial charge in [-0.2, -0.15) is 0 Å². The van der Waals surface area contributed by atoms with Crippen LogP contribution in [-0.4, -0.2) is 12.1 Å². The largest absolute Gasteiger partial charge is 0.462 e. The molecule has 0 aromatic carbocycles. The van der Waals surface area contributed by atoms with Gasteiger partial charge in [-0.05, 0) is 90.3 Å². The smallest absolute Gasteiger partial charge is 0.306 e. The molecule has 0 bridgehead atoms. The van der Waals surface area contributed by atoms with Crippen LogP contribution in [-0.2, 0) is 9.53 Å². The van der Waals surface area contributed by atoms with Crippen molar-refractivity contribution in [2.24, 2.45) is 51.8 Å². The van der Waals surface area contributed by atoms with Crippen LogP contribution in [0.3, 0.4) is 0 Å². The number of carbonyl (C=O) groups excluding carboxylic acids is 1. The summed E-state index contributed by atoms with van der Waals surface area (Å²) in [6.07, 6.45) is 19.0. The summed E-state index contributed by atoms with van der Waals surface area (Å²) in [5.74, 6) is 4.18.